The first-order chi connectivity index (χ1) is 12.7. The number of anilines is 1. The third-order valence-electron chi connectivity index (χ3n) is 5.76. The molecule has 6 nitrogen and oxygen atoms in total. The molecular weight excluding hydrogens is 348 g/mol. The Kier molecular flexibility index (Phi) is 3.94. The summed E-state index contributed by atoms with van der Waals surface area (Å²) in [4.78, 5) is 25.4. The predicted molar refractivity (Wildman–Crippen MR) is 104 cm³/mol. The molecule has 4 heterocycles. The number of aliphatic hydroxyl groups is 1. The Morgan fingerprint density at radius 1 is 1.15 bits per heavy atom. The van der Waals surface area contributed by atoms with Crippen molar-refractivity contribution in [2.45, 2.75) is 50.7 Å². The second-order valence-electron chi connectivity index (χ2n) is 7.43. The standard InChI is InChI=1S/C19H22N4O2S/c24-13-7-9-22(10-13)14-6-8-20-18-15(14)16-17(26-18)19(25)23(11-21-16)12-4-2-1-3-5-12/h6,8,11-13,24H,1-5,7,9-10H2/t13-/m1/s1. The average Bonchev–Trinajstić information content (AvgIpc) is 3.27. The summed E-state index contributed by atoms with van der Waals surface area (Å²) < 4.78 is 2.55. The molecule has 7 heteroatoms. The number of nitrogens with zero attached hydrogens (tertiary/aromatic N) is 4. The molecule has 3 aromatic heterocycles. The summed E-state index contributed by atoms with van der Waals surface area (Å²) in [5.41, 5.74) is 1.85. The molecule has 3 aromatic rings. The molecule has 2 fully saturated rings. The quantitative estimate of drug-likeness (QED) is 0.751. The fraction of sp³-hybridized carbons (Fsp3) is 0.526. The van der Waals surface area contributed by atoms with Crippen molar-refractivity contribution in [2.24, 2.45) is 0 Å². The van der Waals surface area contributed by atoms with Crippen LogP contribution in [-0.2, 0) is 0 Å². The average molecular weight is 370 g/mol. The summed E-state index contributed by atoms with van der Waals surface area (Å²) in [6, 6.07) is 2.25. The van der Waals surface area contributed by atoms with Crippen molar-refractivity contribution in [3.8, 4) is 0 Å². The van der Waals surface area contributed by atoms with Gasteiger partial charge in [0.1, 0.15) is 9.53 Å². The van der Waals surface area contributed by atoms with Gasteiger partial charge >= 0.3 is 0 Å². The fourth-order valence-electron chi connectivity index (χ4n) is 4.39. The topological polar surface area (TPSA) is 71.2 Å². The highest BCUT2D eigenvalue weighted by atomic mass is 32.1. The van der Waals surface area contributed by atoms with Crippen molar-refractivity contribution in [3.05, 3.63) is 28.9 Å². The van der Waals surface area contributed by atoms with Gasteiger partial charge in [-0.3, -0.25) is 9.36 Å². The third-order valence-corrected chi connectivity index (χ3v) is 6.83. The molecule has 136 valence electrons. The van der Waals surface area contributed by atoms with E-state index in [1.165, 1.54) is 30.6 Å². The Morgan fingerprint density at radius 2 is 2.00 bits per heavy atom. The van der Waals surface area contributed by atoms with E-state index in [1.54, 1.807) is 12.5 Å². The van der Waals surface area contributed by atoms with Gasteiger partial charge < -0.3 is 10.0 Å². The van der Waals surface area contributed by atoms with Crippen molar-refractivity contribution in [1.82, 2.24) is 14.5 Å². The number of hydrogen-bond acceptors (Lipinski definition) is 6. The Balaban J connectivity index is 1.68. The lowest BCUT2D eigenvalue weighted by Gasteiger charge is -2.23. The zero-order valence-electron chi connectivity index (χ0n) is 14.6. The van der Waals surface area contributed by atoms with Crippen LogP contribution in [0.2, 0.25) is 0 Å². The van der Waals surface area contributed by atoms with Gasteiger partial charge in [-0.1, -0.05) is 19.3 Å². The van der Waals surface area contributed by atoms with Crippen LogP contribution in [0.15, 0.2) is 23.4 Å². The first-order valence-corrected chi connectivity index (χ1v) is 10.3. The molecule has 1 atom stereocenters. The van der Waals surface area contributed by atoms with Crippen molar-refractivity contribution >= 4 is 37.5 Å². The lowest BCUT2D eigenvalue weighted by Crippen LogP contribution is -2.26. The number of rotatable bonds is 2. The van der Waals surface area contributed by atoms with Crippen LogP contribution in [0.1, 0.15) is 44.6 Å². The minimum Gasteiger partial charge on any atom is -0.391 e. The summed E-state index contributed by atoms with van der Waals surface area (Å²) in [7, 11) is 0. The largest absolute Gasteiger partial charge is 0.391 e. The maximum Gasteiger partial charge on any atom is 0.271 e. The summed E-state index contributed by atoms with van der Waals surface area (Å²) in [6.45, 7) is 1.44. The molecular formula is C19H22N4O2S. The lowest BCUT2D eigenvalue weighted by molar-refractivity contribution is 0.198. The van der Waals surface area contributed by atoms with Gasteiger partial charge in [0, 0.05) is 25.3 Å². The first kappa shape index (κ1) is 16.2. The molecule has 1 aliphatic heterocycles. The molecule has 0 unspecified atom stereocenters. The van der Waals surface area contributed by atoms with Gasteiger partial charge in [0.25, 0.3) is 5.56 Å². The maximum atomic E-state index is 13.1. The normalized spacial score (nSPS) is 21.9. The van der Waals surface area contributed by atoms with E-state index in [1.807, 2.05) is 10.6 Å². The highest BCUT2D eigenvalue weighted by Gasteiger charge is 2.25. The summed E-state index contributed by atoms with van der Waals surface area (Å²) in [5.74, 6) is 0. The van der Waals surface area contributed by atoms with E-state index in [4.69, 9.17) is 4.98 Å². The number of aliphatic hydroxyl groups excluding tert-OH is 1. The molecule has 2 aliphatic rings. The minimum atomic E-state index is -0.292. The van der Waals surface area contributed by atoms with Crippen LogP contribution < -0.4 is 10.5 Å². The highest BCUT2D eigenvalue weighted by Crippen LogP contribution is 2.37. The Morgan fingerprint density at radius 3 is 2.77 bits per heavy atom. The SMILES string of the molecule is O=c1c2sc3nccc(N4CC[C@@H](O)C4)c3c2ncn1C1CCCCC1. The number of aromatic nitrogens is 3. The zero-order chi connectivity index (χ0) is 17.7. The van der Waals surface area contributed by atoms with Gasteiger partial charge in [-0.25, -0.2) is 9.97 Å². The van der Waals surface area contributed by atoms with Gasteiger partial charge in [0.15, 0.2) is 0 Å². The van der Waals surface area contributed by atoms with Crippen molar-refractivity contribution in [2.75, 3.05) is 18.0 Å². The first-order valence-electron chi connectivity index (χ1n) is 9.44. The molecule has 0 amide bonds. The third kappa shape index (κ3) is 2.53. The molecule has 1 aliphatic carbocycles. The molecule has 0 bridgehead atoms. The van der Waals surface area contributed by atoms with E-state index >= 15 is 0 Å². The summed E-state index contributed by atoms with van der Waals surface area (Å²) >= 11 is 1.44. The zero-order valence-corrected chi connectivity index (χ0v) is 15.4. The van der Waals surface area contributed by atoms with Gasteiger partial charge in [-0.2, -0.15) is 0 Å². The number of β-amino-alcohol motifs (C(OH)–C–C–N with tert-alkyl or cyclic N) is 1. The number of fused-ring (bicyclic) bond motifs is 3. The number of pyridine rings is 1. The van der Waals surface area contributed by atoms with Gasteiger partial charge in [-0.15, -0.1) is 11.3 Å². The van der Waals surface area contributed by atoms with Crippen LogP contribution in [0.4, 0.5) is 5.69 Å². The molecule has 26 heavy (non-hydrogen) atoms. The van der Waals surface area contributed by atoms with E-state index in [9.17, 15) is 9.90 Å². The number of thiophene rings is 1. The minimum absolute atomic E-state index is 0.0670. The molecule has 1 saturated heterocycles. The van der Waals surface area contributed by atoms with E-state index < -0.39 is 0 Å². The van der Waals surface area contributed by atoms with E-state index in [0.717, 1.165) is 47.2 Å². The van der Waals surface area contributed by atoms with Crippen LogP contribution in [0.5, 0.6) is 0 Å². The van der Waals surface area contributed by atoms with E-state index in [0.29, 0.717) is 11.2 Å². The summed E-state index contributed by atoms with van der Waals surface area (Å²) in [5, 5.41) is 10.9. The van der Waals surface area contributed by atoms with E-state index in [-0.39, 0.29) is 17.7 Å². The predicted octanol–water partition coefficient (Wildman–Crippen LogP) is 3.08. The molecule has 0 aromatic carbocycles. The van der Waals surface area contributed by atoms with Crippen molar-refractivity contribution in [1.29, 1.82) is 0 Å². The van der Waals surface area contributed by atoms with Gasteiger partial charge in [0.2, 0.25) is 0 Å². The van der Waals surface area contributed by atoms with Crippen molar-refractivity contribution in [3.63, 3.8) is 0 Å². The summed E-state index contributed by atoms with van der Waals surface area (Å²) in [6.07, 6.45) is 9.77. The fourth-order valence-corrected chi connectivity index (χ4v) is 5.45. The number of hydrogen-bond donors (Lipinski definition) is 1. The molecule has 1 N–H and O–H groups in total. The van der Waals surface area contributed by atoms with E-state index in [2.05, 4.69) is 9.88 Å². The van der Waals surface area contributed by atoms with Crippen LogP contribution in [0, 0.1) is 0 Å². The molecule has 1 saturated carbocycles. The van der Waals surface area contributed by atoms with Crippen LogP contribution >= 0.6 is 11.3 Å². The Bertz CT molecular complexity index is 1020. The molecule has 0 spiro atoms. The smallest absolute Gasteiger partial charge is 0.271 e. The molecule has 5 rings (SSSR count). The van der Waals surface area contributed by atoms with Crippen LogP contribution in [0.25, 0.3) is 20.4 Å². The lowest BCUT2D eigenvalue weighted by atomic mass is 9.95. The van der Waals surface area contributed by atoms with Gasteiger partial charge in [-0.05, 0) is 25.3 Å². The Labute approximate surface area is 155 Å². The van der Waals surface area contributed by atoms with Gasteiger partial charge in [0.05, 0.1) is 29.0 Å². The van der Waals surface area contributed by atoms with Crippen LogP contribution in [0.3, 0.4) is 0 Å². The van der Waals surface area contributed by atoms with Crippen molar-refractivity contribution < 1.29 is 5.11 Å². The molecule has 0 radical (unpaired) electrons. The second-order valence-corrected chi connectivity index (χ2v) is 8.43. The Hall–Kier alpha value is -1.99. The monoisotopic (exact) mass is 370 g/mol. The second kappa shape index (κ2) is 6.32. The highest BCUT2D eigenvalue weighted by molar-refractivity contribution is 7.25. The van der Waals surface area contributed by atoms with Crippen LogP contribution in [-0.4, -0.2) is 38.8 Å². The maximum absolute atomic E-state index is 13.1.